The van der Waals surface area contributed by atoms with Crippen LogP contribution in [0.15, 0.2) is 48.5 Å². The predicted octanol–water partition coefficient (Wildman–Crippen LogP) is 2.37. The number of nitrogens with one attached hydrogen (secondary N) is 1. The quantitative estimate of drug-likeness (QED) is 0.858. The number of rotatable bonds is 6. The van der Waals surface area contributed by atoms with Crippen molar-refractivity contribution >= 4 is 11.9 Å². The number of ether oxygens (including phenoxy) is 1. The third-order valence-corrected chi connectivity index (χ3v) is 3.23. The molecule has 1 amide bonds. The Bertz CT molecular complexity index is 665. The summed E-state index contributed by atoms with van der Waals surface area (Å²) in [6.45, 7) is 0.475. The summed E-state index contributed by atoms with van der Waals surface area (Å²) in [5.74, 6) is -0.476. The van der Waals surface area contributed by atoms with Gasteiger partial charge in [0.25, 0.3) is 5.91 Å². The van der Waals surface area contributed by atoms with Gasteiger partial charge in [-0.25, -0.2) is 4.79 Å². The van der Waals surface area contributed by atoms with Gasteiger partial charge in [0.15, 0.2) is 0 Å². The Morgan fingerprint density at radius 1 is 1.09 bits per heavy atom. The smallest absolute Gasteiger partial charge is 0.335 e. The van der Waals surface area contributed by atoms with Crippen molar-refractivity contribution in [1.29, 1.82) is 0 Å². The van der Waals surface area contributed by atoms with Gasteiger partial charge in [-0.15, -0.1) is 0 Å². The van der Waals surface area contributed by atoms with Crippen LogP contribution in [0.5, 0.6) is 5.75 Å². The molecule has 0 saturated heterocycles. The van der Waals surface area contributed by atoms with Crippen LogP contribution in [0.25, 0.3) is 0 Å². The molecule has 0 aliphatic rings. The van der Waals surface area contributed by atoms with Crippen molar-refractivity contribution in [3.05, 3.63) is 65.2 Å². The Labute approximate surface area is 128 Å². The van der Waals surface area contributed by atoms with E-state index in [-0.39, 0.29) is 11.5 Å². The van der Waals surface area contributed by atoms with E-state index in [4.69, 9.17) is 9.84 Å². The molecule has 0 heterocycles. The molecule has 2 aromatic rings. The number of amides is 1. The molecule has 0 spiro atoms. The van der Waals surface area contributed by atoms with E-state index >= 15 is 0 Å². The average molecular weight is 299 g/mol. The molecule has 114 valence electrons. The molecule has 0 saturated carbocycles. The molecular formula is C17H17NO4. The maximum Gasteiger partial charge on any atom is 0.335 e. The van der Waals surface area contributed by atoms with Gasteiger partial charge in [0.1, 0.15) is 5.75 Å². The zero-order valence-electron chi connectivity index (χ0n) is 12.2. The highest BCUT2D eigenvalue weighted by Crippen LogP contribution is 2.12. The Morgan fingerprint density at radius 2 is 1.82 bits per heavy atom. The minimum absolute atomic E-state index is 0.166. The zero-order valence-corrected chi connectivity index (χ0v) is 12.2. The van der Waals surface area contributed by atoms with Gasteiger partial charge in [-0.2, -0.15) is 0 Å². The van der Waals surface area contributed by atoms with E-state index < -0.39 is 5.97 Å². The van der Waals surface area contributed by atoms with Gasteiger partial charge < -0.3 is 15.2 Å². The number of benzene rings is 2. The van der Waals surface area contributed by atoms with Crippen LogP contribution in [-0.2, 0) is 6.42 Å². The Morgan fingerprint density at radius 3 is 2.45 bits per heavy atom. The Hall–Kier alpha value is -2.82. The van der Waals surface area contributed by atoms with Crippen LogP contribution in [0.1, 0.15) is 26.3 Å². The van der Waals surface area contributed by atoms with E-state index in [1.807, 2.05) is 0 Å². The van der Waals surface area contributed by atoms with Gasteiger partial charge in [-0.05, 0) is 42.3 Å². The van der Waals surface area contributed by atoms with Crippen LogP contribution < -0.4 is 10.1 Å². The van der Waals surface area contributed by atoms with Crippen molar-refractivity contribution in [2.45, 2.75) is 6.42 Å². The lowest BCUT2D eigenvalue weighted by Gasteiger charge is -2.07. The highest BCUT2D eigenvalue weighted by Gasteiger charge is 2.06. The molecule has 0 unspecified atom stereocenters. The number of methoxy groups -OCH3 is 1. The highest BCUT2D eigenvalue weighted by molar-refractivity contribution is 5.94. The first-order chi connectivity index (χ1) is 10.6. The summed E-state index contributed by atoms with van der Waals surface area (Å²) in [5, 5.41) is 11.7. The fraction of sp³-hybridized carbons (Fsp3) is 0.176. The van der Waals surface area contributed by atoms with Gasteiger partial charge in [-0.1, -0.05) is 18.2 Å². The average Bonchev–Trinajstić information content (AvgIpc) is 2.55. The normalized spacial score (nSPS) is 10.0. The van der Waals surface area contributed by atoms with Crippen LogP contribution in [0, 0.1) is 0 Å². The van der Waals surface area contributed by atoms with Crippen molar-refractivity contribution < 1.29 is 19.4 Å². The van der Waals surface area contributed by atoms with E-state index in [9.17, 15) is 9.59 Å². The molecule has 0 aromatic heterocycles. The Kier molecular flexibility index (Phi) is 5.14. The molecule has 0 aliphatic heterocycles. The van der Waals surface area contributed by atoms with Crippen LogP contribution in [-0.4, -0.2) is 30.6 Å². The van der Waals surface area contributed by atoms with E-state index in [1.54, 1.807) is 55.6 Å². The molecule has 22 heavy (non-hydrogen) atoms. The lowest BCUT2D eigenvalue weighted by molar-refractivity contribution is 0.0696. The number of carboxylic acids is 1. The number of carbonyl (C=O) groups is 2. The van der Waals surface area contributed by atoms with E-state index in [1.165, 1.54) is 0 Å². The standard InChI is InChI=1S/C17H17NO4/c1-22-15-4-2-3-14(11-15)16(19)18-10-9-12-5-7-13(8-6-12)17(20)21/h2-8,11H,9-10H2,1H3,(H,18,19)(H,20,21). The molecule has 0 atom stereocenters. The number of hydrogen-bond donors (Lipinski definition) is 2. The second-order valence-corrected chi connectivity index (χ2v) is 4.74. The van der Waals surface area contributed by atoms with Crippen molar-refractivity contribution in [2.75, 3.05) is 13.7 Å². The minimum atomic E-state index is -0.946. The second-order valence-electron chi connectivity index (χ2n) is 4.74. The molecule has 2 aromatic carbocycles. The van der Waals surface area contributed by atoms with Crippen molar-refractivity contribution in [2.24, 2.45) is 0 Å². The molecule has 5 nitrogen and oxygen atoms in total. The van der Waals surface area contributed by atoms with E-state index in [0.717, 1.165) is 5.56 Å². The van der Waals surface area contributed by atoms with E-state index in [2.05, 4.69) is 5.32 Å². The summed E-state index contributed by atoms with van der Waals surface area (Å²) in [6.07, 6.45) is 0.635. The van der Waals surface area contributed by atoms with Gasteiger partial charge >= 0.3 is 5.97 Å². The molecule has 0 bridgehead atoms. The number of aromatic carboxylic acids is 1. The predicted molar refractivity (Wildman–Crippen MR) is 82.4 cm³/mol. The largest absolute Gasteiger partial charge is 0.497 e. The number of hydrogen-bond acceptors (Lipinski definition) is 3. The summed E-state index contributed by atoms with van der Waals surface area (Å²) in [4.78, 5) is 22.8. The summed E-state index contributed by atoms with van der Waals surface area (Å²) in [6, 6.07) is 13.6. The van der Waals surface area contributed by atoms with Crippen LogP contribution in [0.2, 0.25) is 0 Å². The molecule has 2 rings (SSSR count). The first kappa shape index (κ1) is 15.6. The molecule has 0 fully saturated rings. The third kappa shape index (κ3) is 4.09. The topological polar surface area (TPSA) is 75.6 Å². The third-order valence-electron chi connectivity index (χ3n) is 3.23. The molecule has 0 radical (unpaired) electrons. The van der Waals surface area contributed by atoms with Crippen molar-refractivity contribution in [1.82, 2.24) is 5.32 Å². The fourth-order valence-electron chi connectivity index (χ4n) is 2.00. The van der Waals surface area contributed by atoms with Crippen LogP contribution in [0.4, 0.5) is 0 Å². The Balaban J connectivity index is 1.87. The first-order valence-corrected chi connectivity index (χ1v) is 6.84. The monoisotopic (exact) mass is 299 g/mol. The van der Waals surface area contributed by atoms with Crippen molar-refractivity contribution in [3.63, 3.8) is 0 Å². The second kappa shape index (κ2) is 7.26. The van der Waals surface area contributed by atoms with E-state index in [0.29, 0.717) is 24.3 Å². The zero-order chi connectivity index (χ0) is 15.9. The minimum Gasteiger partial charge on any atom is -0.497 e. The maximum atomic E-state index is 12.0. The lowest BCUT2D eigenvalue weighted by Crippen LogP contribution is -2.25. The summed E-state index contributed by atoms with van der Waals surface area (Å²) in [5.41, 5.74) is 1.76. The molecular weight excluding hydrogens is 282 g/mol. The SMILES string of the molecule is COc1cccc(C(=O)NCCc2ccc(C(=O)O)cc2)c1. The molecule has 2 N–H and O–H groups in total. The first-order valence-electron chi connectivity index (χ1n) is 6.84. The fourth-order valence-corrected chi connectivity index (χ4v) is 2.00. The number of carboxylic acid groups (broad SMARTS) is 1. The summed E-state index contributed by atoms with van der Waals surface area (Å²) >= 11 is 0. The van der Waals surface area contributed by atoms with Crippen molar-refractivity contribution in [3.8, 4) is 5.75 Å². The van der Waals surface area contributed by atoms with Gasteiger partial charge in [0, 0.05) is 12.1 Å². The highest BCUT2D eigenvalue weighted by atomic mass is 16.5. The molecule has 5 heteroatoms. The summed E-state index contributed by atoms with van der Waals surface area (Å²) < 4.78 is 5.08. The van der Waals surface area contributed by atoms with Crippen LogP contribution >= 0.6 is 0 Å². The van der Waals surface area contributed by atoms with Crippen LogP contribution in [0.3, 0.4) is 0 Å². The van der Waals surface area contributed by atoms with Gasteiger partial charge in [-0.3, -0.25) is 4.79 Å². The maximum absolute atomic E-state index is 12.0. The van der Waals surface area contributed by atoms with Gasteiger partial charge in [0.05, 0.1) is 12.7 Å². The lowest BCUT2D eigenvalue weighted by atomic mass is 10.1. The molecule has 0 aliphatic carbocycles. The number of carbonyl (C=O) groups excluding carboxylic acids is 1. The van der Waals surface area contributed by atoms with Gasteiger partial charge in [0.2, 0.25) is 0 Å². The summed E-state index contributed by atoms with van der Waals surface area (Å²) in [7, 11) is 1.55.